The Morgan fingerprint density at radius 2 is 1.94 bits per heavy atom. The van der Waals surface area contributed by atoms with Crippen molar-refractivity contribution < 1.29 is 9.59 Å². The summed E-state index contributed by atoms with van der Waals surface area (Å²) in [7, 11) is 1.88. The van der Waals surface area contributed by atoms with E-state index in [1.54, 1.807) is 0 Å². The predicted molar refractivity (Wildman–Crippen MR) is 69.3 cm³/mol. The van der Waals surface area contributed by atoms with Crippen molar-refractivity contribution in [2.24, 2.45) is 0 Å². The summed E-state index contributed by atoms with van der Waals surface area (Å²) in [6.45, 7) is 3.19. The van der Waals surface area contributed by atoms with Gasteiger partial charge in [0.15, 0.2) is 0 Å². The van der Waals surface area contributed by atoms with Crippen LogP contribution in [0.5, 0.6) is 0 Å². The Labute approximate surface area is 106 Å². The standard InChI is InChI=1S/C13H17N3O2/c1-9-3-4-11(10(5-9)6-14-2)16-7-12(17)15-13(18)8-16/h3-5,14H,6-8H2,1-2H3,(H,15,17,18). The van der Waals surface area contributed by atoms with Crippen molar-refractivity contribution in [1.29, 1.82) is 0 Å². The van der Waals surface area contributed by atoms with Crippen LogP contribution in [0, 0.1) is 6.92 Å². The van der Waals surface area contributed by atoms with Crippen molar-refractivity contribution in [1.82, 2.24) is 10.6 Å². The van der Waals surface area contributed by atoms with Gasteiger partial charge in [-0.1, -0.05) is 17.7 Å². The van der Waals surface area contributed by atoms with Gasteiger partial charge in [-0.15, -0.1) is 0 Å². The summed E-state index contributed by atoms with van der Waals surface area (Å²) in [6, 6.07) is 6.03. The van der Waals surface area contributed by atoms with E-state index < -0.39 is 0 Å². The fourth-order valence-corrected chi connectivity index (χ4v) is 2.16. The minimum atomic E-state index is -0.248. The van der Waals surface area contributed by atoms with Gasteiger partial charge >= 0.3 is 0 Å². The van der Waals surface area contributed by atoms with E-state index in [4.69, 9.17) is 0 Å². The third-order valence-corrected chi connectivity index (χ3v) is 2.89. The van der Waals surface area contributed by atoms with E-state index in [0.29, 0.717) is 6.54 Å². The number of hydrogen-bond donors (Lipinski definition) is 2. The molecule has 0 saturated carbocycles. The lowest BCUT2D eigenvalue weighted by molar-refractivity contribution is -0.130. The van der Waals surface area contributed by atoms with Crippen molar-refractivity contribution >= 4 is 17.5 Å². The van der Waals surface area contributed by atoms with E-state index in [1.807, 2.05) is 31.0 Å². The smallest absolute Gasteiger partial charge is 0.246 e. The molecule has 0 unspecified atom stereocenters. The van der Waals surface area contributed by atoms with Crippen molar-refractivity contribution in [2.45, 2.75) is 13.5 Å². The number of aryl methyl sites for hydroxylation is 1. The SMILES string of the molecule is CNCc1cc(C)ccc1N1CC(=O)NC(=O)C1. The normalized spacial score (nSPS) is 15.8. The van der Waals surface area contributed by atoms with Crippen molar-refractivity contribution in [3.8, 4) is 0 Å². The van der Waals surface area contributed by atoms with Gasteiger partial charge in [-0.3, -0.25) is 14.9 Å². The molecular weight excluding hydrogens is 230 g/mol. The van der Waals surface area contributed by atoms with Crippen LogP contribution in [-0.4, -0.2) is 32.0 Å². The van der Waals surface area contributed by atoms with Crippen LogP contribution in [0.1, 0.15) is 11.1 Å². The second kappa shape index (κ2) is 5.18. The van der Waals surface area contributed by atoms with E-state index in [0.717, 1.165) is 16.8 Å². The van der Waals surface area contributed by atoms with Crippen molar-refractivity contribution in [3.05, 3.63) is 29.3 Å². The monoisotopic (exact) mass is 247 g/mol. The lowest BCUT2D eigenvalue weighted by Crippen LogP contribution is -2.51. The number of imide groups is 1. The molecule has 0 atom stereocenters. The first-order valence-electron chi connectivity index (χ1n) is 5.92. The Balaban J connectivity index is 2.31. The number of hydrogen-bond acceptors (Lipinski definition) is 4. The van der Waals surface area contributed by atoms with Crippen molar-refractivity contribution in [3.63, 3.8) is 0 Å². The molecule has 18 heavy (non-hydrogen) atoms. The average molecular weight is 247 g/mol. The van der Waals surface area contributed by atoms with Gasteiger partial charge in [0.05, 0.1) is 13.1 Å². The summed E-state index contributed by atoms with van der Waals surface area (Å²) in [5, 5.41) is 5.41. The zero-order valence-corrected chi connectivity index (χ0v) is 10.6. The molecule has 1 heterocycles. The summed E-state index contributed by atoms with van der Waals surface area (Å²) in [4.78, 5) is 24.6. The summed E-state index contributed by atoms with van der Waals surface area (Å²) in [6.07, 6.45) is 0. The van der Waals surface area contributed by atoms with Crippen LogP contribution in [0.25, 0.3) is 0 Å². The maximum atomic E-state index is 11.4. The Morgan fingerprint density at radius 3 is 2.56 bits per heavy atom. The lowest BCUT2D eigenvalue weighted by Gasteiger charge is -2.29. The molecule has 0 spiro atoms. The van der Waals surface area contributed by atoms with Crippen LogP contribution < -0.4 is 15.5 Å². The molecule has 2 rings (SSSR count). The molecule has 5 nitrogen and oxygen atoms in total. The highest BCUT2D eigenvalue weighted by Crippen LogP contribution is 2.22. The second-order valence-corrected chi connectivity index (χ2v) is 4.49. The zero-order valence-electron chi connectivity index (χ0n) is 10.6. The largest absolute Gasteiger partial charge is 0.353 e. The van der Waals surface area contributed by atoms with Gasteiger partial charge in [0.2, 0.25) is 11.8 Å². The quantitative estimate of drug-likeness (QED) is 0.748. The van der Waals surface area contributed by atoms with Crippen molar-refractivity contribution in [2.75, 3.05) is 25.0 Å². The summed E-state index contributed by atoms with van der Waals surface area (Å²) < 4.78 is 0. The highest BCUT2D eigenvalue weighted by Gasteiger charge is 2.23. The molecule has 1 saturated heterocycles. The summed E-state index contributed by atoms with van der Waals surface area (Å²) in [5.41, 5.74) is 3.20. The molecule has 1 fully saturated rings. The number of carbonyl (C=O) groups is 2. The van der Waals surface area contributed by atoms with E-state index >= 15 is 0 Å². The Morgan fingerprint density at radius 1 is 1.28 bits per heavy atom. The van der Waals surface area contributed by atoms with E-state index in [9.17, 15) is 9.59 Å². The fraction of sp³-hybridized carbons (Fsp3) is 0.385. The molecule has 2 amide bonds. The van der Waals surface area contributed by atoms with Gasteiger partial charge in [0, 0.05) is 12.2 Å². The maximum absolute atomic E-state index is 11.4. The molecule has 2 N–H and O–H groups in total. The number of anilines is 1. The third kappa shape index (κ3) is 2.68. The molecule has 1 aromatic rings. The van der Waals surface area contributed by atoms with Crippen LogP contribution >= 0.6 is 0 Å². The highest BCUT2D eigenvalue weighted by molar-refractivity contribution is 6.02. The number of nitrogens with one attached hydrogen (secondary N) is 2. The topological polar surface area (TPSA) is 61.4 Å². The van der Waals surface area contributed by atoms with Crippen LogP contribution in [0.3, 0.4) is 0 Å². The molecule has 0 bridgehead atoms. The minimum absolute atomic E-state index is 0.228. The molecule has 96 valence electrons. The molecule has 1 aromatic carbocycles. The third-order valence-electron chi connectivity index (χ3n) is 2.89. The molecule has 1 aliphatic rings. The molecule has 0 aliphatic carbocycles. The van der Waals surface area contributed by atoms with Gasteiger partial charge in [0.1, 0.15) is 0 Å². The van der Waals surface area contributed by atoms with Crippen LogP contribution in [-0.2, 0) is 16.1 Å². The van der Waals surface area contributed by atoms with E-state index in [2.05, 4.69) is 16.7 Å². The molecule has 0 radical (unpaired) electrons. The Kier molecular flexibility index (Phi) is 3.62. The van der Waals surface area contributed by atoms with Gasteiger partial charge < -0.3 is 10.2 Å². The summed E-state index contributed by atoms with van der Waals surface area (Å²) >= 11 is 0. The molecule has 5 heteroatoms. The zero-order chi connectivity index (χ0) is 13.1. The van der Waals surface area contributed by atoms with Gasteiger partial charge in [-0.2, -0.15) is 0 Å². The predicted octanol–water partition coefficient (Wildman–Crippen LogP) is 0.177. The first kappa shape index (κ1) is 12.6. The second-order valence-electron chi connectivity index (χ2n) is 4.49. The number of benzene rings is 1. The molecule has 1 aliphatic heterocycles. The maximum Gasteiger partial charge on any atom is 0.246 e. The Hall–Kier alpha value is -1.88. The number of rotatable bonds is 3. The van der Waals surface area contributed by atoms with Gasteiger partial charge in [-0.25, -0.2) is 0 Å². The van der Waals surface area contributed by atoms with E-state index in [1.165, 1.54) is 0 Å². The van der Waals surface area contributed by atoms with Crippen LogP contribution in [0.4, 0.5) is 5.69 Å². The Bertz CT molecular complexity index is 469. The minimum Gasteiger partial charge on any atom is -0.353 e. The van der Waals surface area contributed by atoms with E-state index in [-0.39, 0.29) is 24.9 Å². The highest BCUT2D eigenvalue weighted by atomic mass is 16.2. The van der Waals surface area contributed by atoms with Gasteiger partial charge in [-0.05, 0) is 25.6 Å². The number of nitrogens with zero attached hydrogens (tertiary/aromatic N) is 1. The van der Waals surface area contributed by atoms with Crippen LogP contribution in [0.2, 0.25) is 0 Å². The molecule has 0 aromatic heterocycles. The van der Waals surface area contributed by atoms with Gasteiger partial charge in [0.25, 0.3) is 0 Å². The first-order valence-corrected chi connectivity index (χ1v) is 5.92. The first-order chi connectivity index (χ1) is 8.60. The number of carbonyl (C=O) groups excluding carboxylic acids is 2. The van der Waals surface area contributed by atoms with Crippen LogP contribution in [0.15, 0.2) is 18.2 Å². The average Bonchev–Trinajstić information content (AvgIpc) is 2.28. The number of piperazine rings is 1. The lowest BCUT2D eigenvalue weighted by atomic mass is 10.1. The molecular formula is C13H17N3O2. The fourth-order valence-electron chi connectivity index (χ4n) is 2.16. The number of amides is 2. The summed E-state index contributed by atoms with van der Waals surface area (Å²) in [5.74, 6) is -0.496.